The van der Waals surface area contributed by atoms with E-state index in [1.54, 1.807) is 11.8 Å². The minimum atomic E-state index is -1.02. The number of piperidine rings is 1. The van der Waals surface area contributed by atoms with Crippen LogP contribution >= 0.6 is 0 Å². The van der Waals surface area contributed by atoms with Crippen molar-refractivity contribution in [2.45, 2.75) is 124 Å². The van der Waals surface area contributed by atoms with Gasteiger partial charge in [0.25, 0.3) is 5.91 Å². The number of unbranched alkanes of at least 4 members (excludes halogenated alkanes) is 1. The van der Waals surface area contributed by atoms with E-state index in [-0.39, 0.29) is 42.2 Å². The van der Waals surface area contributed by atoms with Gasteiger partial charge in [0.15, 0.2) is 0 Å². The number of hydrogen-bond donors (Lipinski definition) is 5. The van der Waals surface area contributed by atoms with Gasteiger partial charge in [0.2, 0.25) is 17.6 Å². The summed E-state index contributed by atoms with van der Waals surface area (Å²) >= 11 is 0. The molecule has 1 heterocycles. The Hall–Kier alpha value is -3.64. The van der Waals surface area contributed by atoms with E-state index in [0.29, 0.717) is 25.9 Å². The number of likely N-dealkylation sites (tertiary alicyclic amines) is 1. The molecule has 2 saturated carbocycles. The quantitative estimate of drug-likeness (QED) is 0.122. The van der Waals surface area contributed by atoms with Crippen LogP contribution in [-0.2, 0) is 23.9 Å². The van der Waals surface area contributed by atoms with E-state index >= 15 is 0 Å². The van der Waals surface area contributed by atoms with Crippen molar-refractivity contribution in [3.8, 4) is 0 Å². The molecular weight excluding hydrogens is 628 g/mol. The summed E-state index contributed by atoms with van der Waals surface area (Å²) in [6.07, 6.45) is 7.02. The first-order valence-corrected chi connectivity index (χ1v) is 18.1. The van der Waals surface area contributed by atoms with Crippen molar-refractivity contribution in [1.82, 2.24) is 31.5 Å². The Balaban J connectivity index is 1.84. The minimum Gasteiger partial charge on any atom is -0.447 e. The Morgan fingerprint density at radius 1 is 0.980 bits per heavy atom. The first-order valence-electron chi connectivity index (χ1n) is 18.1. The second-order valence-corrected chi connectivity index (χ2v) is 15.5. The molecule has 3 fully saturated rings. The minimum absolute atomic E-state index is 0.0544. The molecule has 276 valence electrons. The van der Waals surface area contributed by atoms with Crippen LogP contribution in [0, 0.1) is 28.6 Å². The van der Waals surface area contributed by atoms with Gasteiger partial charge in [-0.2, -0.15) is 0 Å². The van der Waals surface area contributed by atoms with Crippen LogP contribution in [0.4, 0.5) is 9.59 Å². The zero-order valence-electron chi connectivity index (χ0n) is 30.6. The summed E-state index contributed by atoms with van der Waals surface area (Å²) in [5.41, 5.74) is -0.647. The van der Waals surface area contributed by atoms with Crippen molar-refractivity contribution in [2.24, 2.45) is 28.6 Å². The highest BCUT2D eigenvalue weighted by molar-refractivity contribution is 6.38. The van der Waals surface area contributed by atoms with E-state index in [1.165, 1.54) is 6.08 Å². The summed E-state index contributed by atoms with van der Waals surface area (Å²) in [6, 6.07) is -3.83. The number of hydrogen-bond acceptors (Lipinski definition) is 7. The van der Waals surface area contributed by atoms with Gasteiger partial charge in [-0.25, -0.2) is 9.59 Å². The molecule has 13 heteroatoms. The summed E-state index contributed by atoms with van der Waals surface area (Å²) in [5, 5.41) is 13.8. The highest BCUT2D eigenvalue weighted by atomic mass is 16.5. The lowest BCUT2D eigenvalue weighted by atomic mass is 9.83. The van der Waals surface area contributed by atoms with Crippen LogP contribution in [0.3, 0.4) is 0 Å². The number of rotatable bonds is 16. The number of alkyl carbamates (subject to hydrolysis) is 1. The normalized spacial score (nSPS) is 23.2. The lowest BCUT2D eigenvalue weighted by molar-refractivity contribution is -0.144. The number of Topliss-reactive ketones (excluding diaryl/α,β-unsaturated/α-hetero) is 1. The molecule has 0 radical (unpaired) electrons. The zero-order chi connectivity index (χ0) is 36.5. The second-order valence-electron chi connectivity index (χ2n) is 15.5. The van der Waals surface area contributed by atoms with Gasteiger partial charge in [0, 0.05) is 19.6 Å². The molecule has 1 aliphatic heterocycles. The maximum absolute atomic E-state index is 14.5. The zero-order valence-corrected chi connectivity index (χ0v) is 30.6. The number of amides is 6. The van der Waals surface area contributed by atoms with Gasteiger partial charge in [-0.15, -0.1) is 6.58 Å². The van der Waals surface area contributed by atoms with Gasteiger partial charge >= 0.3 is 12.1 Å². The first kappa shape index (κ1) is 39.8. The summed E-state index contributed by atoms with van der Waals surface area (Å²) in [5.74, 6) is -2.45. The van der Waals surface area contributed by atoms with Gasteiger partial charge in [-0.1, -0.05) is 79.7 Å². The summed E-state index contributed by atoms with van der Waals surface area (Å²) in [7, 11) is 0. The Morgan fingerprint density at radius 3 is 2.24 bits per heavy atom. The van der Waals surface area contributed by atoms with Crippen molar-refractivity contribution in [3.63, 3.8) is 0 Å². The predicted octanol–water partition coefficient (Wildman–Crippen LogP) is 3.42. The monoisotopic (exact) mass is 688 g/mol. The average Bonchev–Trinajstić information content (AvgIpc) is 3.36. The largest absolute Gasteiger partial charge is 0.447 e. The van der Waals surface area contributed by atoms with Crippen LogP contribution in [0.25, 0.3) is 0 Å². The molecule has 13 nitrogen and oxygen atoms in total. The van der Waals surface area contributed by atoms with Crippen molar-refractivity contribution in [1.29, 1.82) is 0 Å². The standard InChI is InChI=1S/C36H60N6O7/c1-9-12-18-24(29(43)31(45)38-19-10-2)39-30(44)28-26-23(36(26,7)8)20-42(28)32(46)27(22-16-14-13-15-17-22)41-33(47)40-25(35(4,5)6)21-49-34(48)37-11-3/h10,22-28H,2,9,11-21H2,1,3-8H3,(H,37,48)(H,38,45)(H,39,44)(H2,40,41,47)/t23?,24?,25-,26?,27+,28+/m1/s1. The molecule has 3 aliphatic rings. The predicted molar refractivity (Wildman–Crippen MR) is 186 cm³/mol. The van der Waals surface area contributed by atoms with E-state index < -0.39 is 59.3 Å². The molecule has 3 rings (SSSR count). The molecule has 0 aromatic rings. The molecule has 0 aromatic carbocycles. The highest BCUT2D eigenvalue weighted by Gasteiger charge is 2.69. The van der Waals surface area contributed by atoms with E-state index in [4.69, 9.17) is 4.74 Å². The molecule has 2 aliphatic carbocycles. The summed E-state index contributed by atoms with van der Waals surface area (Å²) in [6.45, 7) is 18.1. The van der Waals surface area contributed by atoms with Crippen LogP contribution in [0.15, 0.2) is 12.7 Å². The highest BCUT2D eigenvalue weighted by Crippen LogP contribution is 2.65. The molecule has 49 heavy (non-hydrogen) atoms. The lowest BCUT2D eigenvalue weighted by Gasteiger charge is -2.38. The number of nitrogens with one attached hydrogen (secondary N) is 5. The fourth-order valence-electron chi connectivity index (χ4n) is 7.39. The number of urea groups is 1. The molecule has 1 saturated heterocycles. The van der Waals surface area contributed by atoms with Crippen molar-refractivity contribution >= 4 is 35.6 Å². The third kappa shape index (κ3) is 10.2. The molecule has 0 bridgehead atoms. The molecule has 6 atom stereocenters. The molecule has 0 spiro atoms. The average molecular weight is 689 g/mol. The fraction of sp³-hybridized carbons (Fsp3) is 0.778. The van der Waals surface area contributed by atoms with Crippen molar-refractivity contribution in [2.75, 3.05) is 26.2 Å². The number of ether oxygens (including phenoxy) is 1. The SMILES string of the molecule is C=CCNC(=O)C(=O)C(CCCC)NC(=O)[C@@H]1C2C(CN1C(=O)[C@@H](NC(=O)N[C@H](COC(=O)NCC)C(C)(C)C)C1CCCCC1)C2(C)C. The maximum Gasteiger partial charge on any atom is 0.407 e. The van der Waals surface area contributed by atoms with Crippen LogP contribution in [0.1, 0.15) is 99.8 Å². The molecule has 0 aromatic heterocycles. The van der Waals surface area contributed by atoms with E-state index in [0.717, 1.165) is 38.5 Å². The number of carbonyl (C=O) groups excluding carboxylic acids is 6. The Bertz CT molecular complexity index is 1220. The second kappa shape index (κ2) is 17.3. The smallest absolute Gasteiger partial charge is 0.407 e. The number of nitrogens with zero attached hydrogens (tertiary/aromatic N) is 1. The van der Waals surface area contributed by atoms with Crippen LogP contribution in [0.5, 0.6) is 0 Å². The number of ketones is 1. The first-order chi connectivity index (χ1) is 23.1. The third-order valence-electron chi connectivity index (χ3n) is 10.6. The fourth-order valence-corrected chi connectivity index (χ4v) is 7.39. The maximum atomic E-state index is 14.5. The Morgan fingerprint density at radius 2 is 1.65 bits per heavy atom. The molecular formula is C36H60N6O7. The van der Waals surface area contributed by atoms with Gasteiger partial charge in [0.05, 0.1) is 12.1 Å². The molecule has 6 amide bonds. The number of carbonyl (C=O) groups is 6. The Labute approximate surface area is 291 Å². The molecule has 5 N–H and O–H groups in total. The molecule has 3 unspecified atom stereocenters. The van der Waals surface area contributed by atoms with Gasteiger partial charge in [-0.3, -0.25) is 19.2 Å². The number of fused-ring (bicyclic) bond motifs is 1. The van der Waals surface area contributed by atoms with E-state index in [9.17, 15) is 28.8 Å². The van der Waals surface area contributed by atoms with Crippen LogP contribution in [-0.4, -0.2) is 90.9 Å². The van der Waals surface area contributed by atoms with E-state index in [1.807, 2.05) is 27.7 Å². The lowest BCUT2D eigenvalue weighted by Crippen LogP contribution is -2.61. The van der Waals surface area contributed by atoms with Gasteiger partial charge in [0.1, 0.15) is 18.7 Å². The Kier molecular flexibility index (Phi) is 14.1. The van der Waals surface area contributed by atoms with Crippen molar-refractivity contribution in [3.05, 3.63) is 12.7 Å². The summed E-state index contributed by atoms with van der Waals surface area (Å²) in [4.78, 5) is 81.5. The van der Waals surface area contributed by atoms with Gasteiger partial charge < -0.3 is 36.2 Å². The summed E-state index contributed by atoms with van der Waals surface area (Å²) < 4.78 is 5.34. The third-order valence-corrected chi connectivity index (χ3v) is 10.6. The van der Waals surface area contributed by atoms with Crippen LogP contribution in [0.2, 0.25) is 0 Å². The van der Waals surface area contributed by atoms with E-state index in [2.05, 4.69) is 47.0 Å². The van der Waals surface area contributed by atoms with Crippen LogP contribution < -0.4 is 26.6 Å². The van der Waals surface area contributed by atoms with Gasteiger partial charge in [-0.05, 0) is 54.8 Å². The topological polar surface area (TPSA) is 175 Å². The van der Waals surface area contributed by atoms with Crippen molar-refractivity contribution < 1.29 is 33.5 Å².